The van der Waals surface area contributed by atoms with Crippen LogP contribution in [0.4, 0.5) is 0 Å². The van der Waals surface area contributed by atoms with Crippen molar-refractivity contribution in [2.75, 3.05) is 0 Å². The van der Waals surface area contributed by atoms with Crippen molar-refractivity contribution in [2.24, 2.45) is 22.7 Å². The third-order valence-electron chi connectivity index (χ3n) is 7.40. The summed E-state index contributed by atoms with van der Waals surface area (Å²) < 4.78 is 0. The van der Waals surface area contributed by atoms with Gasteiger partial charge in [-0.15, -0.1) is 0 Å². The molecule has 1 saturated carbocycles. The molecule has 1 rings (SSSR count). The highest BCUT2D eigenvalue weighted by Gasteiger charge is 2.35. The molecule has 150 valence electrons. The van der Waals surface area contributed by atoms with Gasteiger partial charge in [-0.25, -0.2) is 0 Å². The van der Waals surface area contributed by atoms with E-state index in [-0.39, 0.29) is 0 Å². The monoisotopic (exact) mass is 350 g/mol. The molecule has 0 aromatic heterocycles. The van der Waals surface area contributed by atoms with Gasteiger partial charge in [0.2, 0.25) is 0 Å². The number of hydrogen-bond acceptors (Lipinski definition) is 0. The van der Waals surface area contributed by atoms with Crippen LogP contribution in [0.15, 0.2) is 0 Å². The van der Waals surface area contributed by atoms with Crippen molar-refractivity contribution < 1.29 is 0 Å². The molecule has 2 unspecified atom stereocenters. The molecule has 0 spiro atoms. The Labute approximate surface area is 160 Å². The van der Waals surface area contributed by atoms with Crippen molar-refractivity contribution in [3.05, 3.63) is 0 Å². The topological polar surface area (TPSA) is 0 Å². The second-order valence-corrected chi connectivity index (χ2v) is 10.8. The van der Waals surface area contributed by atoms with Gasteiger partial charge in [-0.2, -0.15) is 0 Å². The average Bonchev–Trinajstić information content (AvgIpc) is 3.27. The van der Waals surface area contributed by atoms with Crippen LogP contribution in [0, 0.1) is 22.7 Å². The van der Waals surface area contributed by atoms with Gasteiger partial charge >= 0.3 is 0 Å². The summed E-state index contributed by atoms with van der Waals surface area (Å²) in [7, 11) is 0. The molecule has 0 radical (unpaired) electrons. The summed E-state index contributed by atoms with van der Waals surface area (Å²) in [6.45, 7) is 14.4. The molecule has 0 bridgehead atoms. The Kier molecular flexibility index (Phi) is 10.7. The fourth-order valence-electron chi connectivity index (χ4n) is 4.08. The van der Waals surface area contributed by atoms with Crippen LogP contribution >= 0.6 is 0 Å². The predicted molar refractivity (Wildman–Crippen MR) is 115 cm³/mol. The minimum Gasteiger partial charge on any atom is -0.0654 e. The zero-order valence-electron chi connectivity index (χ0n) is 18.8. The van der Waals surface area contributed by atoms with Crippen LogP contribution in [0.2, 0.25) is 0 Å². The molecular formula is C25H50. The number of rotatable bonds is 15. The van der Waals surface area contributed by atoms with Crippen molar-refractivity contribution in [2.45, 2.75) is 138 Å². The van der Waals surface area contributed by atoms with Crippen molar-refractivity contribution in [3.8, 4) is 0 Å². The fourth-order valence-corrected chi connectivity index (χ4v) is 4.08. The van der Waals surface area contributed by atoms with Gasteiger partial charge in [0.05, 0.1) is 0 Å². The first-order valence-electron chi connectivity index (χ1n) is 11.8. The first-order chi connectivity index (χ1) is 11.8. The lowest BCUT2D eigenvalue weighted by molar-refractivity contribution is 0.115. The quantitative estimate of drug-likeness (QED) is 0.258. The van der Waals surface area contributed by atoms with Gasteiger partial charge in [-0.3, -0.25) is 0 Å². The van der Waals surface area contributed by atoms with Crippen molar-refractivity contribution in [1.82, 2.24) is 0 Å². The zero-order valence-corrected chi connectivity index (χ0v) is 18.8. The van der Waals surface area contributed by atoms with Gasteiger partial charge < -0.3 is 0 Å². The van der Waals surface area contributed by atoms with Crippen LogP contribution in [0.25, 0.3) is 0 Å². The molecule has 1 aliphatic rings. The van der Waals surface area contributed by atoms with E-state index in [1.165, 1.54) is 89.9 Å². The van der Waals surface area contributed by atoms with Gasteiger partial charge in [0.25, 0.3) is 0 Å². The van der Waals surface area contributed by atoms with E-state index in [0.29, 0.717) is 10.8 Å². The van der Waals surface area contributed by atoms with Crippen LogP contribution < -0.4 is 0 Å². The molecule has 1 fully saturated rings. The molecule has 0 heteroatoms. The molecule has 25 heavy (non-hydrogen) atoms. The van der Waals surface area contributed by atoms with E-state index in [4.69, 9.17) is 0 Å². The summed E-state index contributed by atoms with van der Waals surface area (Å²) in [6.07, 6.45) is 22.1. The molecule has 1 aliphatic carbocycles. The molecule has 2 atom stereocenters. The summed E-state index contributed by atoms with van der Waals surface area (Å²) in [6, 6.07) is 0. The molecule has 0 aromatic carbocycles. The van der Waals surface area contributed by atoms with Crippen molar-refractivity contribution >= 4 is 0 Å². The normalized spacial score (nSPS) is 20.9. The van der Waals surface area contributed by atoms with Gasteiger partial charge in [-0.1, -0.05) is 125 Å². The Bertz CT molecular complexity index is 319. The predicted octanol–water partition coefficient (Wildman–Crippen LogP) is 9.18. The van der Waals surface area contributed by atoms with Gasteiger partial charge in [-0.05, 0) is 35.5 Å². The Morgan fingerprint density at radius 2 is 1.04 bits per heavy atom. The molecule has 0 aromatic rings. The SMILES string of the molecule is CCCCCCC1CC1CCCCCCCCCC(C)(C)C(C)(C)C. The first-order valence-corrected chi connectivity index (χ1v) is 11.8. The number of hydrogen-bond donors (Lipinski definition) is 0. The Morgan fingerprint density at radius 3 is 1.52 bits per heavy atom. The van der Waals surface area contributed by atoms with Gasteiger partial charge in [0.15, 0.2) is 0 Å². The highest BCUT2D eigenvalue weighted by atomic mass is 14.4. The van der Waals surface area contributed by atoms with E-state index in [1.54, 1.807) is 6.42 Å². The zero-order chi connectivity index (χ0) is 18.8. The molecule has 0 N–H and O–H groups in total. The van der Waals surface area contributed by atoms with E-state index >= 15 is 0 Å². The highest BCUT2D eigenvalue weighted by molar-refractivity contribution is 4.85. The summed E-state index contributed by atoms with van der Waals surface area (Å²) in [4.78, 5) is 0. The standard InChI is InChI=1S/C25H50/c1-7-8-9-15-18-22-21-23(22)19-16-13-11-10-12-14-17-20-25(5,6)24(2,3)4/h22-23H,7-21H2,1-6H3. The Hall–Kier alpha value is 0. The van der Waals surface area contributed by atoms with Crippen LogP contribution in [0.3, 0.4) is 0 Å². The van der Waals surface area contributed by atoms with Crippen molar-refractivity contribution in [1.29, 1.82) is 0 Å². The van der Waals surface area contributed by atoms with Crippen LogP contribution in [0.5, 0.6) is 0 Å². The molecule has 0 aliphatic heterocycles. The van der Waals surface area contributed by atoms with E-state index in [0.717, 1.165) is 11.8 Å². The van der Waals surface area contributed by atoms with E-state index in [9.17, 15) is 0 Å². The molecule has 0 amide bonds. The molecule has 0 nitrogen and oxygen atoms in total. The third-order valence-corrected chi connectivity index (χ3v) is 7.40. The summed E-state index contributed by atoms with van der Waals surface area (Å²) in [5.74, 6) is 2.25. The first kappa shape index (κ1) is 23.0. The third kappa shape index (κ3) is 10.0. The smallest absolute Gasteiger partial charge is 0.0306 e. The van der Waals surface area contributed by atoms with Crippen LogP contribution in [0.1, 0.15) is 138 Å². The average molecular weight is 351 g/mol. The lowest BCUT2D eigenvalue weighted by Crippen LogP contribution is -2.29. The number of unbranched alkanes of at least 4 members (excludes halogenated alkanes) is 9. The van der Waals surface area contributed by atoms with Crippen molar-refractivity contribution in [3.63, 3.8) is 0 Å². The Balaban J connectivity index is 1.84. The maximum Gasteiger partial charge on any atom is -0.0306 e. The second-order valence-electron chi connectivity index (χ2n) is 10.8. The maximum absolute atomic E-state index is 2.45. The van der Waals surface area contributed by atoms with Gasteiger partial charge in [0.1, 0.15) is 0 Å². The van der Waals surface area contributed by atoms with Gasteiger partial charge in [0, 0.05) is 0 Å². The maximum atomic E-state index is 2.45. The largest absolute Gasteiger partial charge is 0.0654 e. The van der Waals surface area contributed by atoms with E-state index in [1.807, 2.05) is 0 Å². The Morgan fingerprint density at radius 1 is 0.600 bits per heavy atom. The minimum atomic E-state index is 0.434. The van der Waals surface area contributed by atoms with Crippen LogP contribution in [-0.2, 0) is 0 Å². The van der Waals surface area contributed by atoms with Crippen LogP contribution in [-0.4, -0.2) is 0 Å². The fraction of sp³-hybridized carbons (Fsp3) is 1.00. The lowest BCUT2D eigenvalue weighted by atomic mass is 9.67. The summed E-state index contributed by atoms with van der Waals surface area (Å²) in [5, 5.41) is 0. The summed E-state index contributed by atoms with van der Waals surface area (Å²) >= 11 is 0. The molecular weight excluding hydrogens is 300 g/mol. The van der Waals surface area contributed by atoms with E-state index in [2.05, 4.69) is 41.5 Å². The highest BCUT2D eigenvalue weighted by Crippen LogP contribution is 2.46. The molecule has 0 saturated heterocycles. The second kappa shape index (κ2) is 11.7. The summed E-state index contributed by atoms with van der Waals surface area (Å²) in [5.41, 5.74) is 0.911. The minimum absolute atomic E-state index is 0.434. The molecule has 0 heterocycles. The lowest BCUT2D eigenvalue weighted by Gasteiger charge is -2.39. The van der Waals surface area contributed by atoms with E-state index < -0.39 is 0 Å².